The van der Waals surface area contributed by atoms with Crippen LogP contribution >= 0.6 is 0 Å². The van der Waals surface area contributed by atoms with Crippen molar-refractivity contribution in [2.75, 3.05) is 11.9 Å². The van der Waals surface area contributed by atoms with Gasteiger partial charge in [0.1, 0.15) is 11.6 Å². The van der Waals surface area contributed by atoms with Gasteiger partial charge in [-0.15, -0.1) is 0 Å². The topological polar surface area (TPSA) is 126 Å². The first-order valence-electron chi connectivity index (χ1n) is 9.87. The molecule has 0 atom stereocenters. The molecule has 2 heterocycles. The lowest BCUT2D eigenvalue weighted by Crippen LogP contribution is -2.12. The van der Waals surface area contributed by atoms with Gasteiger partial charge in [0, 0.05) is 36.3 Å². The predicted molar refractivity (Wildman–Crippen MR) is 120 cm³/mol. The van der Waals surface area contributed by atoms with E-state index in [2.05, 4.69) is 34.4 Å². The summed E-state index contributed by atoms with van der Waals surface area (Å²) in [5.74, 6) is 2.14. The molecule has 29 heavy (non-hydrogen) atoms. The fourth-order valence-electron chi connectivity index (χ4n) is 2.87. The molecule has 0 spiro atoms. The molecular formula is C22H29N7. The maximum atomic E-state index is 7.73. The van der Waals surface area contributed by atoms with Crippen LogP contribution in [0.5, 0.6) is 0 Å². The third-order valence-corrected chi connectivity index (χ3v) is 4.84. The summed E-state index contributed by atoms with van der Waals surface area (Å²) in [5.41, 5.74) is 15.8. The van der Waals surface area contributed by atoms with Gasteiger partial charge in [-0.3, -0.25) is 4.98 Å². The van der Waals surface area contributed by atoms with Gasteiger partial charge in [-0.1, -0.05) is 13.8 Å². The first-order valence-corrected chi connectivity index (χ1v) is 9.87. The number of aromatic nitrogens is 2. The second-order valence-electron chi connectivity index (χ2n) is 7.60. The summed E-state index contributed by atoms with van der Waals surface area (Å²) >= 11 is 0. The fraction of sp³-hybridized carbons (Fsp3) is 0.318. The standard InChI is InChI=1S/C22H29N7/c1-14(2)16(9-23)8-21(25)29-22-6-5-19-20(28-22)7-17(13-27-19)18(10-24)12-26-11-15-3-4-15/h5-10,12-15,24,26H,3-4,11,23,25H2,1-2H3,(H,28,29)/b16-9+,18-12+,21-8+,24-10?. The number of pyridine rings is 2. The molecule has 7 heteroatoms. The van der Waals surface area contributed by atoms with Crippen molar-refractivity contribution in [3.63, 3.8) is 0 Å². The lowest BCUT2D eigenvalue weighted by atomic mass is 10.0. The van der Waals surface area contributed by atoms with E-state index in [4.69, 9.17) is 16.9 Å². The molecule has 0 bridgehead atoms. The number of allylic oxidation sites excluding steroid dienone is 3. The number of anilines is 1. The number of nitrogens with zero attached hydrogens (tertiary/aromatic N) is 2. The van der Waals surface area contributed by atoms with Gasteiger partial charge in [-0.2, -0.15) is 0 Å². The van der Waals surface area contributed by atoms with E-state index in [1.807, 2.05) is 30.5 Å². The molecule has 0 aliphatic heterocycles. The Kier molecular flexibility index (Phi) is 6.49. The van der Waals surface area contributed by atoms with Gasteiger partial charge < -0.3 is 27.5 Å². The van der Waals surface area contributed by atoms with Crippen LogP contribution in [0.3, 0.4) is 0 Å². The van der Waals surface area contributed by atoms with Crippen LogP contribution in [0.15, 0.2) is 54.3 Å². The summed E-state index contributed by atoms with van der Waals surface area (Å²) in [6, 6.07) is 5.66. The first kappa shape index (κ1) is 20.4. The van der Waals surface area contributed by atoms with Crippen molar-refractivity contribution in [1.82, 2.24) is 15.3 Å². The van der Waals surface area contributed by atoms with Crippen LogP contribution < -0.4 is 22.1 Å². The number of fused-ring (bicyclic) bond motifs is 1. The van der Waals surface area contributed by atoms with Gasteiger partial charge in [-0.25, -0.2) is 4.98 Å². The highest BCUT2D eigenvalue weighted by Gasteiger charge is 2.19. The predicted octanol–water partition coefficient (Wildman–Crippen LogP) is 3.33. The number of hydrogen-bond donors (Lipinski definition) is 5. The summed E-state index contributed by atoms with van der Waals surface area (Å²) in [4.78, 5) is 9.10. The molecule has 152 valence electrons. The van der Waals surface area contributed by atoms with Gasteiger partial charge >= 0.3 is 0 Å². The van der Waals surface area contributed by atoms with Crippen molar-refractivity contribution in [1.29, 1.82) is 5.41 Å². The van der Waals surface area contributed by atoms with Gasteiger partial charge in [0.15, 0.2) is 0 Å². The highest BCUT2D eigenvalue weighted by Crippen LogP contribution is 2.27. The van der Waals surface area contributed by atoms with E-state index in [1.165, 1.54) is 19.1 Å². The molecule has 7 N–H and O–H groups in total. The molecule has 7 nitrogen and oxygen atoms in total. The molecular weight excluding hydrogens is 362 g/mol. The van der Waals surface area contributed by atoms with Crippen LogP contribution in [0.2, 0.25) is 0 Å². The van der Waals surface area contributed by atoms with Crippen LogP contribution in [0.1, 0.15) is 32.3 Å². The van der Waals surface area contributed by atoms with Crippen molar-refractivity contribution in [2.45, 2.75) is 26.7 Å². The van der Waals surface area contributed by atoms with E-state index < -0.39 is 0 Å². The Morgan fingerprint density at radius 1 is 1.31 bits per heavy atom. The SMILES string of the molecule is CC(C)C(=C/N)/C=C(\N)Nc1ccc2ncc(/C(C=N)=C/NCC3CC3)cc2n1. The zero-order valence-electron chi connectivity index (χ0n) is 16.9. The fourth-order valence-corrected chi connectivity index (χ4v) is 2.87. The quantitative estimate of drug-likeness (QED) is 0.330. The van der Waals surface area contributed by atoms with Crippen LogP contribution in [0, 0.1) is 17.2 Å². The average Bonchev–Trinajstić information content (AvgIpc) is 3.53. The molecule has 1 aliphatic rings. The minimum atomic E-state index is 0.275. The number of nitrogens with two attached hydrogens (primary N) is 2. The van der Waals surface area contributed by atoms with E-state index >= 15 is 0 Å². The molecule has 0 amide bonds. The number of hydrogen-bond acceptors (Lipinski definition) is 7. The summed E-state index contributed by atoms with van der Waals surface area (Å²) < 4.78 is 0. The van der Waals surface area contributed by atoms with E-state index in [1.54, 1.807) is 12.4 Å². The summed E-state index contributed by atoms with van der Waals surface area (Å²) in [5, 5.41) is 14.1. The average molecular weight is 392 g/mol. The zero-order chi connectivity index (χ0) is 20.8. The van der Waals surface area contributed by atoms with Crippen molar-refractivity contribution in [3.8, 4) is 0 Å². The van der Waals surface area contributed by atoms with Gasteiger partial charge in [0.05, 0.1) is 11.0 Å². The van der Waals surface area contributed by atoms with E-state index in [0.717, 1.165) is 40.2 Å². The van der Waals surface area contributed by atoms with Crippen LogP contribution in [-0.4, -0.2) is 22.7 Å². The Hall–Kier alpha value is -3.35. The minimum Gasteiger partial charge on any atom is -0.404 e. The third kappa shape index (κ3) is 5.57. The Morgan fingerprint density at radius 2 is 2.10 bits per heavy atom. The molecule has 3 rings (SSSR count). The molecule has 0 unspecified atom stereocenters. The second kappa shape index (κ2) is 9.23. The van der Waals surface area contributed by atoms with Crippen LogP contribution in [0.4, 0.5) is 5.82 Å². The lowest BCUT2D eigenvalue weighted by Gasteiger charge is -2.10. The van der Waals surface area contributed by atoms with Crippen LogP contribution in [-0.2, 0) is 0 Å². The molecule has 2 aromatic heterocycles. The Balaban J connectivity index is 1.80. The van der Waals surface area contributed by atoms with Crippen molar-refractivity contribution in [3.05, 3.63) is 59.8 Å². The number of nitrogens with one attached hydrogen (secondary N) is 3. The normalized spacial score (nSPS) is 15.6. The van der Waals surface area contributed by atoms with Crippen molar-refractivity contribution in [2.24, 2.45) is 23.3 Å². The van der Waals surface area contributed by atoms with E-state index in [-0.39, 0.29) is 5.92 Å². The van der Waals surface area contributed by atoms with Crippen LogP contribution in [0.25, 0.3) is 16.6 Å². The molecule has 1 fully saturated rings. The molecule has 0 saturated heterocycles. The van der Waals surface area contributed by atoms with Gasteiger partial charge in [0.25, 0.3) is 0 Å². The second-order valence-corrected chi connectivity index (χ2v) is 7.60. The Bertz CT molecular complexity index is 968. The Labute approximate surface area is 171 Å². The monoisotopic (exact) mass is 391 g/mol. The maximum Gasteiger partial charge on any atom is 0.132 e. The molecule has 1 saturated carbocycles. The Morgan fingerprint density at radius 3 is 2.76 bits per heavy atom. The molecule has 1 aliphatic carbocycles. The maximum absolute atomic E-state index is 7.73. The van der Waals surface area contributed by atoms with E-state index in [0.29, 0.717) is 11.6 Å². The highest BCUT2D eigenvalue weighted by molar-refractivity contribution is 6.08. The smallest absolute Gasteiger partial charge is 0.132 e. The summed E-state index contributed by atoms with van der Waals surface area (Å²) in [7, 11) is 0. The largest absolute Gasteiger partial charge is 0.404 e. The van der Waals surface area contributed by atoms with Gasteiger partial charge in [0.2, 0.25) is 0 Å². The minimum absolute atomic E-state index is 0.275. The first-order chi connectivity index (χ1) is 14.0. The summed E-state index contributed by atoms with van der Waals surface area (Å²) in [6.45, 7) is 5.06. The molecule has 2 aromatic rings. The number of rotatable bonds is 9. The zero-order valence-corrected chi connectivity index (χ0v) is 16.9. The van der Waals surface area contributed by atoms with Crippen molar-refractivity contribution < 1.29 is 0 Å². The highest BCUT2D eigenvalue weighted by atomic mass is 15.1. The third-order valence-electron chi connectivity index (χ3n) is 4.84. The lowest BCUT2D eigenvalue weighted by molar-refractivity contribution is 0.749. The van der Waals surface area contributed by atoms with Gasteiger partial charge in [-0.05, 0) is 60.7 Å². The van der Waals surface area contributed by atoms with Crippen molar-refractivity contribution >= 4 is 28.6 Å². The summed E-state index contributed by atoms with van der Waals surface area (Å²) in [6.07, 6.45) is 10.9. The molecule has 0 aromatic carbocycles. The van der Waals surface area contributed by atoms with E-state index in [9.17, 15) is 0 Å². The molecule has 0 radical (unpaired) electrons.